The second kappa shape index (κ2) is 6.41. The van der Waals surface area contributed by atoms with Crippen molar-refractivity contribution in [2.45, 2.75) is 53.4 Å². The Kier molecular flexibility index (Phi) is 4.83. The monoisotopic (exact) mass is 295 g/mol. The molecule has 0 aliphatic rings. The van der Waals surface area contributed by atoms with Crippen LogP contribution >= 0.6 is 11.6 Å². The summed E-state index contributed by atoms with van der Waals surface area (Å²) in [6.45, 7) is 10.5. The van der Waals surface area contributed by atoms with Crippen LogP contribution in [0, 0.1) is 6.92 Å². The molecule has 110 valence electrons. The van der Waals surface area contributed by atoms with Crippen LogP contribution < -0.4 is 5.32 Å². The van der Waals surface area contributed by atoms with Crippen molar-refractivity contribution in [3.05, 3.63) is 34.6 Å². The zero-order chi connectivity index (χ0) is 14.7. The molecule has 6 heteroatoms. The normalized spacial score (nSPS) is 11.5. The molecule has 0 aliphatic carbocycles. The highest BCUT2D eigenvalue weighted by Crippen LogP contribution is 2.21. The summed E-state index contributed by atoms with van der Waals surface area (Å²) >= 11 is 6.36. The van der Waals surface area contributed by atoms with Crippen LogP contribution in [0.1, 0.15) is 38.0 Å². The quantitative estimate of drug-likeness (QED) is 0.891. The Morgan fingerprint density at radius 1 is 1.40 bits per heavy atom. The molecule has 0 spiro atoms. The zero-order valence-electron chi connectivity index (χ0n) is 12.5. The van der Waals surface area contributed by atoms with Crippen LogP contribution in [-0.2, 0) is 19.6 Å². The molecule has 0 radical (unpaired) electrons. The molecule has 2 aromatic rings. The maximum absolute atomic E-state index is 6.36. The molecule has 0 atom stereocenters. The van der Waals surface area contributed by atoms with Crippen molar-refractivity contribution in [3.8, 4) is 0 Å². The molecule has 1 N–H and O–H groups in total. The van der Waals surface area contributed by atoms with Gasteiger partial charge < -0.3 is 9.88 Å². The molecule has 20 heavy (non-hydrogen) atoms. The Morgan fingerprint density at radius 2 is 2.15 bits per heavy atom. The van der Waals surface area contributed by atoms with E-state index in [2.05, 4.69) is 40.7 Å². The summed E-state index contributed by atoms with van der Waals surface area (Å²) in [6, 6.07) is 0.437. The summed E-state index contributed by atoms with van der Waals surface area (Å²) in [7, 11) is 0. The smallest absolute Gasteiger partial charge is 0.123 e. The molecule has 0 bridgehead atoms. The highest BCUT2D eigenvalue weighted by atomic mass is 35.5. The van der Waals surface area contributed by atoms with Crippen LogP contribution in [0.2, 0.25) is 5.02 Å². The largest absolute Gasteiger partial charge is 0.328 e. The van der Waals surface area contributed by atoms with E-state index in [0.29, 0.717) is 12.6 Å². The molecule has 0 amide bonds. The number of aromatic nitrogens is 4. The first-order chi connectivity index (χ1) is 9.52. The van der Waals surface area contributed by atoms with Gasteiger partial charge >= 0.3 is 0 Å². The number of imidazole rings is 1. The predicted molar refractivity (Wildman–Crippen MR) is 81.0 cm³/mol. The lowest BCUT2D eigenvalue weighted by Gasteiger charge is -2.12. The SMILES string of the molecule is CCn1nc(C)c(Cl)c1Cn1ccnc1CNC(C)C. The van der Waals surface area contributed by atoms with Crippen molar-refractivity contribution in [1.82, 2.24) is 24.6 Å². The molecule has 0 saturated heterocycles. The second-order valence-corrected chi connectivity index (χ2v) is 5.55. The molecule has 0 fully saturated rings. The first-order valence-electron chi connectivity index (χ1n) is 6.98. The summed E-state index contributed by atoms with van der Waals surface area (Å²) < 4.78 is 4.07. The van der Waals surface area contributed by atoms with E-state index in [-0.39, 0.29) is 0 Å². The average molecular weight is 296 g/mol. The van der Waals surface area contributed by atoms with Crippen molar-refractivity contribution in [2.75, 3.05) is 0 Å². The number of hydrogen-bond donors (Lipinski definition) is 1. The van der Waals surface area contributed by atoms with Crippen molar-refractivity contribution in [2.24, 2.45) is 0 Å². The fraction of sp³-hybridized carbons (Fsp3) is 0.571. The fourth-order valence-corrected chi connectivity index (χ4v) is 2.32. The molecule has 2 heterocycles. The number of rotatable bonds is 6. The van der Waals surface area contributed by atoms with Crippen LogP contribution in [0.15, 0.2) is 12.4 Å². The Balaban J connectivity index is 2.20. The van der Waals surface area contributed by atoms with Crippen molar-refractivity contribution in [1.29, 1.82) is 0 Å². The van der Waals surface area contributed by atoms with Crippen LogP contribution in [0.5, 0.6) is 0 Å². The summed E-state index contributed by atoms with van der Waals surface area (Å²) in [5.74, 6) is 1.01. The third kappa shape index (κ3) is 3.22. The highest BCUT2D eigenvalue weighted by Gasteiger charge is 2.14. The number of hydrogen-bond acceptors (Lipinski definition) is 3. The Bertz CT molecular complexity index is 570. The summed E-state index contributed by atoms with van der Waals surface area (Å²) in [5.41, 5.74) is 1.92. The summed E-state index contributed by atoms with van der Waals surface area (Å²) in [6.07, 6.45) is 3.81. The van der Waals surface area contributed by atoms with Gasteiger partial charge in [0.25, 0.3) is 0 Å². The lowest BCUT2D eigenvalue weighted by molar-refractivity contribution is 0.542. The molecule has 0 unspecified atom stereocenters. The molecule has 2 aromatic heterocycles. The standard InChI is InChI=1S/C14H22ClN5/c1-5-20-12(14(15)11(4)18-20)9-19-7-6-16-13(19)8-17-10(2)3/h6-7,10,17H,5,8-9H2,1-4H3. The van der Waals surface area contributed by atoms with Gasteiger partial charge in [0.2, 0.25) is 0 Å². The van der Waals surface area contributed by atoms with Gasteiger partial charge in [-0.05, 0) is 13.8 Å². The summed E-state index contributed by atoms with van der Waals surface area (Å²) in [5, 5.41) is 8.59. The second-order valence-electron chi connectivity index (χ2n) is 5.17. The number of nitrogens with one attached hydrogen (secondary N) is 1. The maximum Gasteiger partial charge on any atom is 0.123 e. The van der Waals surface area contributed by atoms with Gasteiger partial charge in [-0.1, -0.05) is 25.4 Å². The Morgan fingerprint density at radius 3 is 2.80 bits per heavy atom. The number of halogens is 1. The van der Waals surface area contributed by atoms with Gasteiger partial charge in [0.1, 0.15) is 5.82 Å². The molecule has 0 saturated carbocycles. The van der Waals surface area contributed by atoms with Gasteiger partial charge in [-0.3, -0.25) is 4.68 Å². The first kappa shape index (κ1) is 15.1. The summed E-state index contributed by atoms with van der Waals surface area (Å²) in [4.78, 5) is 4.40. The molecular weight excluding hydrogens is 274 g/mol. The van der Waals surface area contributed by atoms with E-state index in [9.17, 15) is 0 Å². The number of aryl methyl sites for hydroxylation is 2. The Hall–Kier alpha value is -1.33. The predicted octanol–water partition coefficient (Wildman–Crippen LogP) is 2.61. The van der Waals surface area contributed by atoms with Gasteiger partial charge in [-0.15, -0.1) is 0 Å². The van der Waals surface area contributed by atoms with Gasteiger partial charge in [0.05, 0.1) is 29.5 Å². The van der Waals surface area contributed by atoms with Crippen LogP contribution in [0.4, 0.5) is 0 Å². The fourth-order valence-electron chi connectivity index (χ4n) is 2.13. The lowest BCUT2D eigenvalue weighted by Crippen LogP contribution is -2.24. The van der Waals surface area contributed by atoms with E-state index in [1.54, 1.807) is 0 Å². The van der Waals surface area contributed by atoms with Crippen molar-refractivity contribution >= 4 is 11.6 Å². The molecule has 5 nitrogen and oxygen atoms in total. The van der Waals surface area contributed by atoms with E-state index < -0.39 is 0 Å². The Labute approximate surface area is 125 Å². The molecule has 0 aliphatic heterocycles. The molecule has 0 aromatic carbocycles. The van der Waals surface area contributed by atoms with Crippen molar-refractivity contribution < 1.29 is 0 Å². The van der Waals surface area contributed by atoms with Gasteiger partial charge in [0, 0.05) is 25.0 Å². The van der Waals surface area contributed by atoms with E-state index in [0.717, 1.165) is 35.3 Å². The minimum atomic E-state index is 0.437. The van der Waals surface area contributed by atoms with Crippen LogP contribution in [0.3, 0.4) is 0 Å². The maximum atomic E-state index is 6.36. The van der Waals surface area contributed by atoms with E-state index in [1.807, 2.05) is 24.0 Å². The zero-order valence-corrected chi connectivity index (χ0v) is 13.3. The minimum absolute atomic E-state index is 0.437. The van der Waals surface area contributed by atoms with Crippen LogP contribution in [-0.4, -0.2) is 25.4 Å². The first-order valence-corrected chi connectivity index (χ1v) is 7.35. The van der Waals surface area contributed by atoms with Gasteiger partial charge in [-0.25, -0.2) is 4.98 Å². The highest BCUT2D eigenvalue weighted by molar-refractivity contribution is 6.31. The third-order valence-corrected chi connectivity index (χ3v) is 3.73. The van der Waals surface area contributed by atoms with E-state index >= 15 is 0 Å². The topological polar surface area (TPSA) is 47.7 Å². The van der Waals surface area contributed by atoms with Gasteiger partial charge in [0.15, 0.2) is 0 Å². The molecule has 2 rings (SSSR count). The molecular formula is C14H22ClN5. The van der Waals surface area contributed by atoms with Crippen molar-refractivity contribution in [3.63, 3.8) is 0 Å². The van der Waals surface area contributed by atoms with Gasteiger partial charge in [-0.2, -0.15) is 5.10 Å². The lowest BCUT2D eigenvalue weighted by atomic mass is 10.3. The van der Waals surface area contributed by atoms with Crippen LogP contribution in [0.25, 0.3) is 0 Å². The average Bonchev–Trinajstić information content (AvgIpc) is 2.96. The van der Waals surface area contributed by atoms with E-state index in [4.69, 9.17) is 11.6 Å². The minimum Gasteiger partial charge on any atom is -0.328 e. The third-order valence-electron chi connectivity index (χ3n) is 3.24. The number of nitrogens with zero attached hydrogens (tertiary/aromatic N) is 4. The van der Waals surface area contributed by atoms with E-state index in [1.165, 1.54) is 0 Å².